The molecule has 0 aromatic heterocycles. The highest BCUT2D eigenvalue weighted by Crippen LogP contribution is 2.11. The molecule has 1 atom stereocenters. The fourth-order valence-electron chi connectivity index (χ4n) is 1.84. The van der Waals surface area contributed by atoms with Gasteiger partial charge in [0.15, 0.2) is 0 Å². The monoisotopic (exact) mass is 262 g/mol. The lowest BCUT2D eigenvalue weighted by Crippen LogP contribution is -2.31. The van der Waals surface area contributed by atoms with Crippen LogP contribution in [0.4, 0.5) is 5.69 Å². The van der Waals surface area contributed by atoms with E-state index >= 15 is 0 Å². The third-order valence-corrected chi connectivity index (χ3v) is 2.98. The fourth-order valence-corrected chi connectivity index (χ4v) is 1.84. The summed E-state index contributed by atoms with van der Waals surface area (Å²) in [6.45, 7) is 9.53. The van der Waals surface area contributed by atoms with E-state index in [4.69, 9.17) is 0 Å². The van der Waals surface area contributed by atoms with E-state index in [1.54, 1.807) is 0 Å². The van der Waals surface area contributed by atoms with Crippen LogP contribution in [0.3, 0.4) is 0 Å². The van der Waals surface area contributed by atoms with Crippen molar-refractivity contribution in [3.8, 4) is 0 Å². The van der Waals surface area contributed by atoms with Gasteiger partial charge in [0.1, 0.15) is 0 Å². The van der Waals surface area contributed by atoms with E-state index in [-0.39, 0.29) is 5.91 Å². The number of hydrogen-bond donors (Lipinski definition) is 2. The molecule has 2 N–H and O–H groups in total. The molecular formula is C16H26N2O. The van der Waals surface area contributed by atoms with Crippen LogP contribution >= 0.6 is 0 Å². The van der Waals surface area contributed by atoms with Gasteiger partial charge in [-0.25, -0.2) is 0 Å². The largest absolute Gasteiger partial charge is 0.326 e. The Balaban J connectivity index is 2.45. The molecule has 0 spiro atoms. The van der Waals surface area contributed by atoms with E-state index < -0.39 is 0 Å². The third-order valence-electron chi connectivity index (χ3n) is 2.98. The lowest BCUT2D eigenvalue weighted by molar-refractivity contribution is -0.115. The molecule has 0 aliphatic heterocycles. The Hall–Kier alpha value is -1.35. The van der Waals surface area contributed by atoms with Gasteiger partial charge >= 0.3 is 0 Å². The zero-order valence-electron chi connectivity index (χ0n) is 12.5. The first-order valence-corrected chi connectivity index (χ1v) is 7.13. The van der Waals surface area contributed by atoms with Crippen LogP contribution in [-0.2, 0) is 11.2 Å². The first-order valence-electron chi connectivity index (χ1n) is 7.13. The van der Waals surface area contributed by atoms with Gasteiger partial charge in [-0.15, -0.1) is 0 Å². The van der Waals surface area contributed by atoms with Gasteiger partial charge in [-0.2, -0.15) is 0 Å². The zero-order valence-corrected chi connectivity index (χ0v) is 12.5. The maximum absolute atomic E-state index is 11.3. The van der Waals surface area contributed by atoms with E-state index in [0.29, 0.717) is 18.4 Å². The summed E-state index contributed by atoms with van der Waals surface area (Å²) < 4.78 is 0. The molecule has 0 aliphatic carbocycles. The van der Waals surface area contributed by atoms with Gasteiger partial charge < -0.3 is 10.6 Å². The molecule has 1 unspecified atom stereocenters. The van der Waals surface area contributed by atoms with Crippen molar-refractivity contribution in [1.29, 1.82) is 0 Å². The second kappa shape index (κ2) is 7.95. The first kappa shape index (κ1) is 15.7. The van der Waals surface area contributed by atoms with Crippen LogP contribution in [0.5, 0.6) is 0 Å². The topological polar surface area (TPSA) is 41.1 Å². The average Bonchev–Trinajstić information content (AvgIpc) is 2.38. The second-order valence-corrected chi connectivity index (χ2v) is 5.51. The van der Waals surface area contributed by atoms with Crippen LogP contribution in [0.1, 0.15) is 39.7 Å². The van der Waals surface area contributed by atoms with Crippen molar-refractivity contribution >= 4 is 11.6 Å². The molecule has 106 valence electrons. The van der Waals surface area contributed by atoms with Crippen LogP contribution < -0.4 is 10.6 Å². The molecule has 1 aromatic carbocycles. The standard InChI is InChI=1S/C16H26N2O/c1-5-16(19)18-15-8-6-14(7-9-15)10-13(4)17-11-12(2)3/h6-9,12-13,17H,5,10-11H2,1-4H3,(H,18,19). The Bertz CT molecular complexity index is 384. The Morgan fingerprint density at radius 1 is 1.16 bits per heavy atom. The molecule has 0 bridgehead atoms. The van der Waals surface area contributed by atoms with Crippen LogP contribution in [0.2, 0.25) is 0 Å². The number of amides is 1. The number of rotatable bonds is 7. The molecule has 0 fully saturated rings. The Morgan fingerprint density at radius 3 is 2.32 bits per heavy atom. The van der Waals surface area contributed by atoms with Crippen molar-refractivity contribution in [3.63, 3.8) is 0 Å². The van der Waals surface area contributed by atoms with Crippen molar-refractivity contribution in [2.24, 2.45) is 5.92 Å². The molecule has 0 saturated heterocycles. The van der Waals surface area contributed by atoms with E-state index in [2.05, 4.69) is 43.5 Å². The van der Waals surface area contributed by atoms with Crippen molar-refractivity contribution in [2.45, 2.75) is 46.6 Å². The maximum atomic E-state index is 11.3. The minimum absolute atomic E-state index is 0.0553. The van der Waals surface area contributed by atoms with E-state index in [0.717, 1.165) is 18.7 Å². The average molecular weight is 262 g/mol. The van der Waals surface area contributed by atoms with Crippen LogP contribution in [0.25, 0.3) is 0 Å². The Morgan fingerprint density at radius 2 is 1.79 bits per heavy atom. The molecular weight excluding hydrogens is 236 g/mol. The van der Waals surface area contributed by atoms with Gasteiger partial charge in [0.05, 0.1) is 0 Å². The van der Waals surface area contributed by atoms with Crippen molar-refractivity contribution < 1.29 is 4.79 Å². The van der Waals surface area contributed by atoms with E-state index in [1.807, 2.05) is 19.1 Å². The molecule has 1 aromatic rings. The molecule has 3 nitrogen and oxygen atoms in total. The highest BCUT2D eigenvalue weighted by molar-refractivity contribution is 5.90. The van der Waals surface area contributed by atoms with Crippen LogP contribution in [0, 0.1) is 5.92 Å². The molecule has 0 heterocycles. The number of carbonyl (C=O) groups excluding carboxylic acids is 1. The summed E-state index contributed by atoms with van der Waals surface area (Å²) in [5.41, 5.74) is 2.16. The lowest BCUT2D eigenvalue weighted by atomic mass is 10.1. The summed E-state index contributed by atoms with van der Waals surface area (Å²) in [6.07, 6.45) is 1.52. The van der Waals surface area contributed by atoms with Gasteiger partial charge in [0.25, 0.3) is 0 Å². The van der Waals surface area contributed by atoms with Crippen molar-refractivity contribution in [1.82, 2.24) is 5.32 Å². The highest BCUT2D eigenvalue weighted by Gasteiger charge is 2.04. The van der Waals surface area contributed by atoms with Gasteiger partial charge in [-0.05, 0) is 43.5 Å². The zero-order chi connectivity index (χ0) is 14.3. The normalized spacial score (nSPS) is 12.5. The highest BCUT2D eigenvalue weighted by atomic mass is 16.1. The summed E-state index contributed by atoms with van der Waals surface area (Å²) in [5, 5.41) is 6.37. The number of benzene rings is 1. The molecule has 1 amide bonds. The predicted molar refractivity (Wildman–Crippen MR) is 81.4 cm³/mol. The second-order valence-electron chi connectivity index (χ2n) is 5.51. The number of hydrogen-bond acceptors (Lipinski definition) is 2. The molecule has 0 saturated carbocycles. The molecule has 1 rings (SSSR count). The summed E-state index contributed by atoms with van der Waals surface area (Å²) >= 11 is 0. The van der Waals surface area contributed by atoms with Crippen LogP contribution in [0.15, 0.2) is 24.3 Å². The minimum Gasteiger partial charge on any atom is -0.326 e. The summed E-state index contributed by atoms with van der Waals surface area (Å²) in [6, 6.07) is 8.58. The van der Waals surface area contributed by atoms with Crippen LogP contribution in [-0.4, -0.2) is 18.5 Å². The van der Waals surface area contributed by atoms with E-state index in [1.165, 1.54) is 5.56 Å². The smallest absolute Gasteiger partial charge is 0.224 e. The fraction of sp³-hybridized carbons (Fsp3) is 0.562. The van der Waals surface area contributed by atoms with Crippen molar-refractivity contribution in [3.05, 3.63) is 29.8 Å². The number of anilines is 1. The number of carbonyl (C=O) groups is 1. The molecule has 3 heteroatoms. The lowest BCUT2D eigenvalue weighted by Gasteiger charge is -2.15. The first-order chi connectivity index (χ1) is 9.01. The Labute approximate surface area is 116 Å². The number of nitrogens with one attached hydrogen (secondary N) is 2. The summed E-state index contributed by atoms with van der Waals surface area (Å²) in [5.74, 6) is 0.730. The van der Waals surface area contributed by atoms with Gasteiger partial charge in [0, 0.05) is 18.2 Å². The molecule has 0 aliphatic rings. The van der Waals surface area contributed by atoms with Gasteiger partial charge in [-0.3, -0.25) is 4.79 Å². The quantitative estimate of drug-likeness (QED) is 0.792. The Kier molecular flexibility index (Phi) is 6.57. The minimum atomic E-state index is 0.0553. The van der Waals surface area contributed by atoms with Gasteiger partial charge in [-0.1, -0.05) is 32.9 Å². The molecule has 19 heavy (non-hydrogen) atoms. The molecule has 0 radical (unpaired) electrons. The SMILES string of the molecule is CCC(=O)Nc1ccc(CC(C)NCC(C)C)cc1. The summed E-state index contributed by atoms with van der Waals surface area (Å²) in [7, 11) is 0. The predicted octanol–water partition coefficient (Wildman–Crippen LogP) is 3.21. The summed E-state index contributed by atoms with van der Waals surface area (Å²) in [4.78, 5) is 11.3. The van der Waals surface area contributed by atoms with Gasteiger partial charge in [0.2, 0.25) is 5.91 Å². The van der Waals surface area contributed by atoms with Crippen molar-refractivity contribution in [2.75, 3.05) is 11.9 Å². The maximum Gasteiger partial charge on any atom is 0.224 e. The van der Waals surface area contributed by atoms with E-state index in [9.17, 15) is 4.79 Å². The third kappa shape index (κ3) is 6.39.